The molecule has 1 aliphatic carbocycles. The highest BCUT2D eigenvalue weighted by Gasteiger charge is 2.17. The summed E-state index contributed by atoms with van der Waals surface area (Å²) in [6.45, 7) is 8.33. The molecule has 1 aliphatic rings. The third-order valence-electron chi connectivity index (χ3n) is 3.43. The van der Waals surface area contributed by atoms with Crippen molar-refractivity contribution in [2.45, 2.75) is 52.1 Å². The van der Waals surface area contributed by atoms with Crippen LogP contribution in [0.3, 0.4) is 0 Å². The van der Waals surface area contributed by atoms with Crippen LogP contribution in [-0.4, -0.2) is 12.1 Å². The van der Waals surface area contributed by atoms with Gasteiger partial charge in [-0.15, -0.1) is 0 Å². The predicted molar refractivity (Wildman–Crippen MR) is 75.9 cm³/mol. The van der Waals surface area contributed by atoms with Crippen LogP contribution in [0.15, 0.2) is 24.3 Å². The number of rotatable bonds is 5. The van der Waals surface area contributed by atoms with Crippen molar-refractivity contribution in [3.05, 3.63) is 29.8 Å². The SMILES string of the molecule is CC(C)(C)NCc1cccc(OCC2CCC2)c1. The molecule has 0 aromatic heterocycles. The molecule has 2 heteroatoms. The standard InChI is InChI=1S/C16H25NO/c1-16(2,3)17-11-14-8-5-9-15(10-14)18-12-13-6-4-7-13/h5,8-10,13,17H,4,6-7,11-12H2,1-3H3. The van der Waals surface area contributed by atoms with Gasteiger partial charge in [-0.05, 0) is 57.2 Å². The van der Waals surface area contributed by atoms with Gasteiger partial charge in [0.25, 0.3) is 0 Å². The lowest BCUT2D eigenvalue weighted by Crippen LogP contribution is -2.35. The zero-order valence-electron chi connectivity index (χ0n) is 11.8. The average molecular weight is 247 g/mol. The molecule has 1 N–H and O–H groups in total. The molecular formula is C16H25NO. The molecule has 0 amide bonds. The lowest BCUT2D eigenvalue weighted by atomic mass is 9.86. The smallest absolute Gasteiger partial charge is 0.119 e. The Morgan fingerprint density at radius 3 is 2.67 bits per heavy atom. The average Bonchev–Trinajstić information content (AvgIpc) is 2.24. The molecule has 0 atom stereocenters. The lowest BCUT2D eigenvalue weighted by Gasteiger charge is -2.25. The molecule has 18 heavy (non-hydrogen) atoms. The van der Waals surface area contributed by atoms with Crippen LogP contribution in [0, 0.1) is 5.92 Å². The van der Waals surface area contributed by atoms with E-state index in [1.807, 2.05) is 0 Å². The minimum absolute atomic E-state index is 0.156. The van der Waals surface area contributed by atoms with Crippen molar-refractivity contribution in [1.29, 1.82) is 0 Å². The van der Waals surface area contributed by atoms with E-state index in [2.05, 4.69) is 50.4 Å². The third-order valence-corrected chi connectivity index (χ3v) is 3.43. The van der Waals surface area contributed by atoms with Gasteiger partial charge in [-0.1, -0.05) is 18.6 Å². The number of hydrogen-bond donors (Lipinski definition) is 1. The van der Waals surface area contributed by atoms with Crippen molar-refractivity contribution in [2.24, 2.45) is 5.92 Å². The van der Waals surface area contributed by atoms with Crippen molar-refractivity contribution >= 4 is 0 Å². The number of benzene rings is 1. The fourth-order valence-electron chi connectivity index (χ4n) is 1.99. The fraction of sp³-hybridized carbons (Fsp3) is 0.625. The monoisotopic (exact) mass is 247 g/mol. The van der Waals surface area contributed by atoms with Gasteiger partial charge in [-0.2, -0.15) is 0 Å². The van der Waals surface area contributed by atoms with Gasteiger partial charge in [0.2, 0.25) is 0 Å². The molecule has 2 nitrogen and oxygen atoms in total. The van der Waals surface area contributed by atoms with Crippen LogP contribution in [0.25, 0.3) is 0 Å². The molecule has 0 radical (unpaired) electrons. The summed E-state index contributed by atoms with van der Waals surface area (Å²) in [6.07, 6.45) is 4.06. The summed E-state index contributed by atoms with van der Waals surface area (Å²) in [4.78, 5) is 0. The van der Waals surface area contributed by atoms with Crippen LogP contribution in [0.5, 0.6) is 5.75 Å². The number of hydrogen-bond acceptors (Lipinski definition) is 2. The van der Waals surface area contributed by atoms with Crippen molar-refractivity contribution < 1.29 is 4.74 Å². The molecule has 0 heterocycles. The topological polar surface area (TPSA) is 21.3 Å². The predicted octanol–water partition coefficient (Wildman–Crippen LogP) is 3.75. The first-order valence-corrected chi connectivity index (χ1v) is 7.00. The molecular weight excluding hydrogens is 222 g/mol. The molecule has 0 unspecified atom stereocenters. The van der Waals surface area contributed by atoms with Gasteiger partial charge in [0.05, 0.1) is 6.61 Å². The Balaban J connectivity index is 1.84. The van der Waals surface area contributed by atoms with Crippen molar-refractivity contribution in [3.8, 4) is 5.75 Å². The Morgan fingerprint density at radius 1 is 1.28 bits per heavy atom. The van der Waals surface area contributed by atoms with Gasteiger partial charge in [-0.25, -0.2) is 0 Å². The summed E-state index contributed by atoms with van der Waals surface area (Å²) < 4.78 is 5.85. The van der Waals surface area contributed by atoms with Gasteiger partial charge in [0.15, 0.2) is 0 Å². The van der Waals surface area contributed by atoms with Gasteiger partial charge >= 0.3 is 0 Å². The summed E-state index contributed by atoms with van der Waals surface area (Å²) in [5, 5.41) is 3.50. The zero-order chi connectivity index (χ0) is 13.0. The second-order valence-corrected chi connectivity index (χ2v) is 6.36. The third kappa shape index (κ3) is 4.34. The Labute approximate surface area is 111 Å². The maximum absolute atomic E-state index is 5.85. The summed E-state index contributed by atoms with van der Waals surface area (Å²) in [7, 11) is 0. The van der Waals surface area contributed by atoms with E-state index in [0.29, 0.717) is 0 Å². The number of nitrogens with one attached hydrogen (secondary N) is 1. The van der Waals surface area contributed by atoms with Crippen molar-refractivity contribution in [3.63, 3.8) is 0 Å². The summed E-state index contributed by atoms with van der Waals surface area (Å²) >= 11 is 0. The van der Waals surface area contributed by atoms with E-state index in [0.717, 1.165) is 24.8 Å². The van der Waals surface area contributed by atoms with Crippen LogP contribution in [-0.2, 0) is 6.54 Å². The zero-order valence-corrected chi connectivity index (χ0v) is 11.8. The first-order chi connectivity index (χ1) is 8.53. The van der Waals surface area contributed by atoms with Gasteiger partial charge in [0.1, 0.15) is 5.75 Å². The molecule has 0 aliphatic heterocycles. The van der Waals surface area contributed by atoms with Crippen molar-refractivity contribution in [2.75, 3.05) is 6.61 Å². The molecule has 0 saturated heterocycles. The molecule has 0 bridgehead atoms. The van der Waals surface area contributed by atoms with Crippen LogP contribution in [0.1, 0.15) is 45.6 Å². The van der Waals surface area contributed by atoms with E-state index in [1.54, 1.807) is 0 Å². The first kappa shape index (κ1) is 13.4. The van der Waals surface area contributed by atoms with Crippen molar-refractivity contribution in [1.82, 2.24) is 5.32 Å². The minimum atomic E-state index is 0.156. The van der Waals surface area contributed by atoms with E-state index < -0.39 is 0 Å². The fourth-order valence-corrected chi connectivity index (χ4v) is 1.99. The summed E-state index contributed by atoms with van der Waals surface area (Å²) in [5.41, 5.74) is 1.44. The largest absolute Gasteiger partial charge is 0.493 e. The summed E-state index contributed by atoms with van der Waals surface area (Å²) in [6, 6.07) is 8.43. The van der Waals surface area contributed by atoms with Crippen LogP contribution in [0.2, 0.25) is 0 Å². The minimum Gasteiger partial charge on any atom is -0.493 e. The highest BCUT2D eigenvalue weighted by atomic mass is 16.5. The van der Waals surface area contributed by atoms with Crippen LogP contribution < -0.4 is 10.1 Å². The van der Waals surface area contributed by atoms with E-state index in [-0.39, 0.29) is 5.54 Å². The van der Waals surface area contributed by atoms with Crippen LogP contribution in [0.4, 0.5) is 0 Å². The molecule has 1 aromatic carbocycles. The van der Waals surface area contributed by atoms with E-state index >= 15 is 0 Å². The second kappa shape index (κ2) is 5.75. The molecule has 1 saturated carbocycles. The second-order valence-electron chi connectivity index (χ2n) is 6.36. The molecule has 1 aromatic rings. The van der Waals surface area contributed by atoms with Crippen LogP contribution >= 0.6 is 0 Å². The molecule has 100 valence electrons. The Bertz CT molecular complexity index is 377. The normalized spacial score (nSPS) is 16.4. The number of ether oxygens (including phenoxy) is 1. The van der Waals surface area contributed by atoms with E-state index in [9.17, 15) is 0 Å². The highest BCUT2D eigenvalue weighted by molar-refractivity contribution is 5.28. The maximum Gasteiger partial charge on any atom is 0.119 e. The Kier molecular flexibility index (Phi) is 4.28. The first-order valence-electron chi connectivity index (χ1n) is 7.00. The quantitative estimate of drug-likeness (QED) is 0.855. The summed E-state index contributed by atoms with van der Waals surface area (Å²) in [5.74, 6) is 1.80. The van der Waals surface area contributed by atoms with Gasteiger partial charge in [0, 0.05) is 12.1 Å². The Hall–Kier alpha value is -1.02. The molecule has 1 fully saturated rings. The highest BCUT2D eigenvalue weighted by Crippen LogP contribution is 2.27. The van der Waals surface area contributed by atoms with E-state index in [4.69, 9.17) is 4.74 Å². The van der Waals surface area contributed by atoms with Gasteiger partial charge in [-0.3, -0.25) is 0 Å². The molecule has 2 rings (SSSR count). The van der Waals surface area contributed by atoms with E-state index in [1.165, 1.54) is 24.8 Å². The maximum atomic E-state index is 5.85. The molecule has 0 spiro atoms. The lowest BCUT2D eigenvalue weighted by molar-refractivity contribution is 0.180. The van der Waals surface area contributed by atoms with Gasteiger partial charge < -0.3 is 10.1 Å². The Morgan fingerprint density at radius 2 is 2.06 bits per heavy atom.